The molecule has 1 unspecified atom stereocenters. The van der Waals surface area contributed by atoms with E-state index in [9.17, 15) is 0 Å². The number of benzene rings is 1. The van der Waals surface area contributed by atoms with Gasteiger partial charge in [0.15, 0.2) is 5.96 Å². The summed E-state index contributed by atoms with van der Waals surface area (Å²) < 4.78 is 7.67. The van der Waals surface area contributed by atoms with Crippen LogP contribution in [0.1, 0.15) is 36.8 Å². The van der Waals surface area contributed by atoms with Crippen molar-refractivity contribution in [1.29, 1.82) is 0 Å². The Hall–Kier alpha value is -1.77. The first-order valence-electron chi connectivity index (χ1n) is 9.87. The minimum atomic E-state index is 0. The van der Waals surface area contributed by atoms with E-state index in [0.717, 1.165) is 50.7 Å². The fourth-order valence-electron chi connectivity index (χ4n) is 3.38. The van der Waals surface area contributed by atoms with Crippen molar-refractivity contribution in [2.75, 3.05) is 32.8 Å². The van der Waals surface area contributed by atoms with Crippen LogP contribution in [0.5, 0.6) is 5.75 Å². The molecule has 28 heavy (non-hydrogen) atoms. The smallest absolute Gasteiger partial charge is 0.193 e. The number of halogens is 1. The molecular formula is C21H32IN5O. The summed E-state index contributed by atoms with van der Waals surface area (Å²) in [4.78, 5) is 7.17. The highest BCUT2D eigenvalue weighted by molar-refractivity contribution is 14.0. The molecule has 1 aliphatic rings. The monoisotopic (exact) mass is 497 g/mol. The van der Waals surface area contributed by atoms with E-state index in [1.165, 1.54) is 11.1 Å². The van der Waals surface area contributed by atoms with E-state index >= 15 is 0 Å². The molecule has 0 amide bonds. The van der Waals surface area contributed by atoms with Crippen molar-refractivity contribution in [3.8, 4) is 5.75 Å². The van der Waals surface area contributed by atoms with Gasteiger partial charge in [-0.1, -0.05) is 17.7 Å². The van der Waals surface area contributed by atoms with E-state index in [-0.39, 0.29) is 24.0 Å². The van der Waals surface area contributed by atoms with Crippen molar-refractivity contribution in [2.45, 2.75) is 32.6 Å². The number of nitrogens with one attached hydrogen (secondary N) is 1. The Bertz CT molecular complexity index is 744. The third-order valence-electron chi connectivity index (χ3n) is 4.87. The zero-order valence-corrected chi connectivity index (χ0v) is 19.4. The molecule has 0 spiro atoms. The van der Waals surface area contributed by atoms with E-state index in [1.807, 2.05) is 30.1 Å². The quantitative estimate of drug-likeness (QED) is 0.275. The summed E-state index contributed by atoms with van der Waals surface area (Å²) in [5, 5.41) is 7.74. The summed E-state index contributed by atoms with van der Waals surface area (Å²) in [6.07, 6.45) is 6.16. The first-order chi connectivity index (χ1) is 13.2. The molecule has 0 aliphatic carbocycles. The van der Waals surface area contributed by atoms with E-state index < -0.39 is 0 Å². The van der Waals surface area contributed by atoms with Crippen LogP contribution < -0.4 is 10.1 Å². The molecule has 7 heteroatoms. The number of nitrogens with zero attached hydrogens (tertiary/aromatic N) is 4. The number of hydrogen-bond donors (Lipinski definition) is 1. The summed E-state index contributed by atoms with van der Waals surface area (Å²) in [7, 11) is 1.97. The number of rotatable bonds is 7. The second kappa shape index (κ2) is 11.3. The molecular weight excluding hydrogens is 465 g/mol. The minimum absolute atomic E-state index is 0. The Morgan fingerprint density at radius 2 is 2.11 bits per heavy atom. The lowest BCUT2D eigenvalue weighted by molar-refractivity contribution is 0.313. The average molecular weight is 497 g/mol. The molecule has 1 saturated heterocycles. The Labute approximate surface area is 185 Å². The lowest BCUT2D eigenvalue weighted by Gasteiger charge is -2.21. The van der Waals surface area contributed by atoms with Crippen LogP contribution in [0.4, 0.5) is 0 Å². The molecule has 3 rings (SSSR count). The third kappa shape index (κ3) is 6.39. The molecule has 154 valence electrons. The van der Waals surface area contributed by atoms with Crippen LogP contribution in [0.3, 0.4) is 0 Å². The van der Waals surface area contributed by atoms with Crippen molar-refractivity contribution in [3.05, 3.63) is 47.8 Å². The van der Waals surface area contributed by atoms with Gasteiger partial charge in [0.1, 0.15) is 5.75 Å². The van der Waals surface area contributed by atoms with Crippen LogP contribution in [0.2, 0.25) is 0 Å². The molecule has 1 fully saturated rings. The van der Waals surface area contributed by atoms with Crippen molar-refractivity contribution in [2.24, 2.45) is 12.0 Å². The van der Waals surface area contributed by atoms with Crippen LogP contribution >= 0.6 is 24.0 Å². The van der Waals surface area contributed by atoms with Crippen LogP contribution in [0, 0.1) is 6.92 Å². The van der Waals surface area contributed by atoms with Gasteiger partial charge in [-0.25, -0.2) is 0 Å². The second-order valence-electron chi connectivity index (χ2n) is 7.13. The van der Waals surface area contributed by atoms with Gasteiger partial charge in [0.25, 0.3) is 0 Å². The van der Waals surface area contributed by atoms with Gasteiger partial charge in [-0.05, 0) is 38.0 Å². The standard InChI is InChI=1S/C21H31N5O.HI/c1-4-22-21(23-11-5-13-27-20-8-6-17(2)7-9-20)26-12-10-18(16-26)19-14-24-25(3)15-19;/h6-9,14-15,18H,4-5,10-13,16H2,1-3H3,(H,22,23);1H. The molecule has 6 nitrogen and oxygen atoms in total. The minimum Gasteiger partial charge on any atom is -0.494 e. The molecule has 1 aliphatic heterocycles. The number of guanidine groups is 1. The third-order valence-corrected chi connectivity index (χ3v) is 4.87. The van der Waals surface area contributed by atoms with Crippen LogP contribution in [0.15, 0.2) is 41.7 Å². The van der Waals surface area contributed by atoms with Gasteiger partial charge < -0.3 is 15.0 Å². The predicted octanol–water partition coefficient (Wildman–Crippen LogP) is 3.57. The van der Waals surface area contributed by atoms with Gasteiger partial charge in [0.05, 0.1) is 12.8 Å². The number of ether oxygens (including phenoxy) is 1. The highest BCUT2D eigenvalue weighted by Crippen LogP contribution is 2.26. The highest BCUT2D eigenvalue weighted by atomic mass is 127. The zero-order valence-electron chi connectivity index (χ0n) is 17.1. The normalized spacial score (nSPS) is 16.8. The summed E-state index contributed by atoms with van der Waals surface area (Å²) >= 11 is 0. The number of hydrogen-bond acceptors (Lipinski definition) is 3. The van der Waals surface area contributed by atoms with Gasteiger partial charge in [0, 0.05) is 51.8 Å². The molecule has 2 aromatic rings. The summed E-state index contributed by atoms with van der Waals surface area (Å²) in [6, 6.07) is 8.18. The summed E-state index contributed by atoms with van der Waals surface area (Å²) in [5.74, 6) is 2.47. The maximum Gasteiger partial charge on any atom is 0.193 e. The Morgan fingerprint density at radius 3 is 2.79 bits per heavy atom. The summed E-state index contributed by atoms with van der Waals surface area (Å²) in [5.41, 5.74) is 2.57. The molecule has 0 bridgehead atoms. The van der Waals surface area contributed by atoms with E-state index in [1.54, 1.807) is 0 Å². The van der Waals surface area contributed by atoms with Gasteiger partial charge >= 0.3 is 0 Å². The molecule has 0 radical (unpaired) electrons. The van der Waals surface area contributed by atoms with Gasteiger partial charge in [-0.3, -0.25) is 9.67 Å². The Kier molecular flexibility index (Phi) is 9.08. The molecule has 0 saturated carbocycles. The molecule has 1 aromatic carbocycles. The van der Waals surface area contributed by atoms with E-state index in [4.69, 9.17) is 9.73 Å². The topological polar surface area (TPSA) is 54.7 Å². The fourth-order valence-corrected chi connectivity index (χ4v) is 3.38. The van der Waals surface area contributed by atoms with Crippen LogP contribution in [-0.2, 0) is 7.05 Å². The number of aromatic nitrogens is 2. The SMILES string of the molecule is CCNC(=NCCCOc1ccc(C)cc1)N1CCC(c2cnn(C)c2)C1.I. The average Bonchev–Trinajstić information content (AvgIpc) is 3.31. The predicted molar refractivity (Wildman–Crippen MR) is 125 cm³/mol. The Balaban J connectivity index is 0.00000280. The zero-order chi connectivity index (χ0) is 19.1. The first-order valence-corrected chi connectivity index (χ1v) is 9.87. The first kappa shape index (κ1) is 22.5. The molecule has 2 heterocycles. The van der Waals surface area contributed by atoms with Gasteiger partial charge in [-0.2, -0.15) is 5.10 Å². The number of aryl methyl sites for hydroxylation is 2. The lowest BCUT2D eigenvalue weighted by Crippen LogP contribution is -2.40. The van der Waals surface area contributed by atoms with Crippen molar-refractivity contribution >= 4 is 29.9 Å². The van der Waals surface area contributed by atoms with Crippen LogP contribution in [-0.4, -0.2) is 53.4 Å². The maximum atomic E-state index is 5.79. The van der Waals surface area contributed by atoms with E-state index in [0.29, 0.717) is 12.5 Å². The Morgan fingerprint density at radius 1 is 1.32 bits per heavy atom. The van der Waals surface area contributed by atoms with Crippen molar-refractivity contribution < 1.29 is 4.74 Å². The van der Waals surface area contributed by atoms with Crippen molar-refractivity contribution in [3.63, 3.8) is 0 Å². The molecule has 1 aromatic heterocycles. The second-order valence-corrected chi connectivity index (χ2v) is 7.13. The molecule has 1 atom stereocenters. The number of aliphatic imine (C=N–C) groups is 1. The van der Waals surface area contributed by atoms with Gasteiger partial charge in [0.2, 0.25) is 0 Å². The largest absolute Gasteiger partial charge is 0.494 e. The highest BCUT2D eigenvalue weighted by Gasteiger charge is 2.26. The lowest BCUT2D eigenvalue weighted by atomic mass is 10.0. The van der Waals surface area contributed by atoms with Gasteiger partial charge in [-0.15, -0.1) is 24.0 Å². The molecule has 1 N–H and O–H groups in total. The fraction of sp³-hybridized carbons (Fsp3) is 0.524. The van der Waals surface area contributed by atoms with E-state index in [2.05, 4.69) is 47.5 Å². The number of likely N-dealkylation sites (tertiary alicyclic amines) is 1. The maximum absolute atomic E-state index is 5.79. The van der Waals surface area contributed by atoms with Crippen LogP contribution in [0.25, 0.3) is 0 Å². The van der Waals surface area contributed by atoms with Crippen molar-refractivity contribution in [1.82, 2.24) is 20.0 Å². The summed E-state index contributed by atoms with van der Waals surface area (Å²) in [6.45, 7) is 8.56.